The van der Waals surface area contributed by atoms with Gasteiger partial charge in [-0.15, -0.1) is 0 Å². The molecular weight excluding hydrogens is 340 g/mol. The molecule has 6 heteroatoms. The summed E-state index contributed by atoms with van der Waals surface area (Å²) in [5.41, 5.74) is 0. The fourth-order valence-corrected chi connectivity index (χ4v) is 3.75. The highest BCUT2D eigenvalue weighted by Gasteiger charge is 2.24. The standard InChI is InChI=1S/C21H34N4O2/c1-17(27-20-6-4-3-5-7-20)14-23-21(22-2)24-19-8-11-25(12-9-19)15-18-10-13-26-16-18/h3-7,17-19H,8-16H2,1-2H3,(H2,22,23,24). The van der Waals surface area contributed by atoms with E-state index in [0.717, 1.165) is 63.3 Å². The molecule has 2 fully saturated rings. The summed E-state index contributed by atoms with van der Waals surface area (Å²) in [5.74, 6) is 2.49. The molecule has 2 unspecified atom stereocenters. The summed E-state index contributed by atoms with van der Waals surface area (Å²) in [6, 6.07) is 10.4. The fourth-order valence-electron chi connectivity index (χ4n) is 3.75. The number of ether oxygens (including phenoxy) is 2. The van der Waals surface area contributed by atoms with Crippen molar-refractivity contribution in [2.45, 2.75) is 38.3 Å². The Morgan fingerprint density at radius 3 is 2.70 bits per heavy atom. The van der Waals surface area contributed by atoms with Crippen molar-refractivity contribution in [1.82, 2.24) is 15.5 Å². The Kier molecular flexibility index (Phi) is 7.78. The number of hydrogen-bond donors (Lipinski definition) is 2. The van der Waals surface area contributed by atoms with Crippen LogP contribution in [0.15, 0.2) is 35.3 Å². The maximum Gasteiger partial charge on any atom is 0.191 e. The van der Waals surface area contributed by atoms with Crippen molar-refractivity contribution < 1.29 is 9.47 Å². The van der Waals surface area contributed by atoms with E-state index in [1.165, 1.54) is 13.0 Å². The van der Waals surface area contributed by atoms with Gasteiger partial charge in [-0.05, 0) is 44.2 Å². The van der Waals surface area contributed by atoms with Gasteiger partial charge in [0.2, 0.25) is 0 Å². The molecule has 2 aliphatic rings. The van der Waals surface area contributed by atoms with Gasteiger partial charge in [-0.1, -0.05) is 18.2 Å². The van der Waals surface area contributed by atoms with Crippen molar-refractivity contribution in [2.24, 2.45) is 10.9 Å². The molecule has 0 aromatic heterocycles. The molecule has 2 heterocycles. The number of aliphatic imine (C=N–C) groups is 1. The Bertz CT molecular complexity index is 567. The molecule has 150 valence electrons. The van der Waals surface area contributed by atoms with Gasteiger partial charge in [0.25, 0.3) is 0 Å². The topological polar surface area (TPSA) is 58.1 Å². The number of nitrogens with zero attached hydrogens (tertiary/aromatic N) is 2. The van der Waals surface area contributed by atoms with E-state index in [1.54, 1.807) is 0 Å². The van der Waals surface area contributed by atoms with Gasteiger partial charge in [0, 0.05) is 39.3 Å². The Labute approximate surface area is 163 Å². The van der Waals surface area contributed by atoms with Gasteiger partial charge in [-0.3, -0.25) is 4.99 Å². The molecule has 6 nitrogen and oxygen atoms in total. The number of benzene rings is 1. The summed E-state index contributed by atoms with van der Waals surface area (Å²) in [5, 5.41) is 6.96. The van der Waals surface area contributed by atoms with Crippen LogP contribution in [-0.2, 0) is 4.74 Å². The molecular formula is C21H34N4O2. The normalized spacial score (nSPS) is 23.2. The van der Waals surface area contributed by atoms with Crippen molar-refractivity contribution in [1.29, 1.82) is 0 Å². The third-order valence-electron chi connectivity index (χ3n) is 5.33. The van der Waals surface area contributed by atoms with Crippen LogP contribution in [0.4, 0.5) is 0 Å². The molecule has 27 heavy (non-hydrogen) atoms. The van der Waals surface area contributed by atoms with Crippen LogP contribution in [0.3, 0.4) is 0 Å². The monoisotopic (exact) mass is 374 g/mol. The van der Waals surface area contributed by atoms with Gasteiger partial charge >= 0.3 is 0 Å². The molecule has 2 atom stereocenters. The van der Waals surface area contributed by atoms with E-state index in [2.05, 4.69) is 27.4 Å². The van der Waals surface area contributed by atoms with Crippen LogP contribution in [-0.4, -0.2) is 69.4 Å². The number of hydrogen-bond acceptors (Lipinski definition) is 4. The van der Waals surface area contributed by atoms with Crippen molar-refractivity contribution in [3.8, 4) is 5.75 Å². The van der Waals surface area contributed by atoms with E-state index in [-0.39, 0.29) is 6.10 Å². The minimum absolute atomic E-state index is 0.0708. The average Bonchev–Trinajstić information content (AvgIpc) is 3.20. The zero-order chi connectivity index (χ0) is 18.9. The quantitative estimate of drug-likeness (QED) is 0.566. The number of rotatable bonds is 7. The summed E-state index contributed by atoms with van der Waals surface area (Å²) in [7, 11) is 1.83. The number of nitrogens with one attached hydrogen (secondary N) is 2. The van der Waals surface area contributed by atoms with Crippen molar-refractivity contribution >= 4 is 5.96 Å². The van der Waals surface area contributed by atoms with Crippen molar-refractivity contribution in [2.75, 3.05) is 46.4 Å². The highest BCUT2D eigenvalue weighted by molar-refractivity contribution is 5.80. The van der Waals surface area contributed by atoms with Gasteiger partial charge in [-0.2, -0.15) is 0 Å². The van der Waals surface area contributed by atoms with Gasteiger partial charge in [0.1, 0.15) is 11.9 Å². The van der Waals surface area contributed by atoms with Crippen LogP contribution in [0.1, 0.15) is 26.2 Å². The van der Waals surface area contributed by atoms with Gasteiger partial charge in [-0.25, -0.2) is 0 Å². The Morgan fingerprint density at radius 2 is 2.04 bits per heavy atom. The van der Waals surface area contributed by atoms with E-state index in [0.29, 0.717) is 6.04 Å². The Hall–Kier alpha value is -1.79. The molecule has 0 saturated carbocycles. The lowest BCUT2D eigenvalue weighted by atomic mass is 10.0. The smallest absolute Gasteiger partial charge is 0.191 e. The number of piperidine rings is 1. The molecule has 0 amide bonds. The molecule has 2 N–H and O–H groups in total. The van der Waals surface area contributed by atoms with Crippen LogP contribution >= 0.6 is 0 Å². The van der Waals surface area contributed by atoms with Crippen LogP contribution < -0.4 is 15.4 Å². The van der Waals surface area contributed by atoms with E-state index in [1.807, 2.05) is 37.4 Å². The summed E-state index contributed by atoms with van der Waals surface area (Å²) in [4.78, 5) is 6.96. The Balaban J connectivity index is 1.34. The third kappa shape index (κ3) is 6.70. The number of guanidine groups is 1. The molecule has 1 aromatic carbocycles. The van der Waals surface area contributed by atoms with Gasteiger partial charge < -0.3 is 25.0 Å². The lowest BCUT2D eigenvalue weighted by Gasteiger charge is -2.34. The molecule has 1 aromatic rings. The summed E-state index contributed by atoms with van der Waals surface area (Å²) in [6.07, 6.45) is 3.61. The largest absolute Gasteiger partial charge is 0.489 e. The highest BCUT2D eigenvalue weighted by atomic mass is 16.5. The zero-order valence-electron chi connectivity index (χ0n) is 16.7. The molecule has 2 saturated heterocycles. The summed E-state index contributed by atoms with van der Waals surface area (Å²) < 4.78 is 11.4. The zero-order valence-corrected chi connectivity index (χ0v) is 16.7. The summed E-state index contributed by atoms with van der Waals surface area (Å²) in [6.45, 7) is 8.16. The minimum Gasteiger partial charge on any atom is -0.489 e. The SMILES string of the molecule is CN=C(NCC(C)Oc1ccccc1)NC1CCN(CC2CCOC2)CC1. The van der Waals surface area contributed by atoms with Gasteiger partial charge in [0.05, 0.1) is 13.2 Å². The van der Waals surface area contributed by atoms with E-state index in [4.69, 9.17) is 9.47 Å². The summed E-state index contributed by atoms with van der Waals surface area (Å²) >= 11 is 0. The maximum absolute atomic E-state index is 5.91. The molecule has 2 aliphatic heterocycles. The first-order chi connectivity index (χ1) is 13.2. The first-order valence-electron chi connectivity index (χ1n) is 10.2. The lowest BCUT2D eigenvalue weighted by molar-refractivity contribution is 0.150. The van der Waals surface area contributed by atoms with E-state index < -0.39 is 0 Å². The lowest BCUT2D eigenvalue weighted by Crippen LogP contribution is -2.50. The predicted octanol–water partition coefficient (Wildman–Crippen LogP) is 2.12. The first-order valence-corrected chi connectivity index (χ1v) is 10.2. The van der Waals surface area contributed by atoms with Crippen LogP contribution in [0.25, 0.3) is 0 Å². The van der Waals surface area contributed by atoms with Crippen LogP contribution in [0.5, 0.6) is 5.75 Å². The van der Waals surface area contributed by atoms with Crippen molar-refractivity contribution in [3.05, 3.63) is 30.3 Å². The third-order valence-corrected chi connectivity index (χ3v) is 5.33. The number of para-hydroxylation sites is 1. The van der Waals surface area contributed by atoms with Crippen LogP contribution in [0.2, 0.25) is 0 Å². The minimum atomic E-state index is 0.0708. The molecule has 0 radical (unpaired) electrons. The molecule has 3 rings (SSSR count). The molecule has 0 aliphatic carbocycles. The second-order valence-electron chi connectivity index (χ2n) is 7.64. The van der Waals surface area contributed by atoms with Gasteiger partial charge in [0.15, 0.2) is 5.96 Å². The maximum atomic E-state index is 5.91. The Morgan fingerprint density at radius 1 is 1.26 bits per heavy atom. The predicted molar refractivity (Wildman–Crippen MR) is 109 cm³/mol. The van der Waals surface area contributed by atoms with Crippen LogP contribution in [0, 0.1) is 5.92 Å². The van der Waals surface area contributed by atoms with E-state index >= 15 is 0 Å². The highest BCUT2D eigenvalue weighted by Crippen LogP contribution is 2.17. The average molecular weight is 375 g/mol. The second kappa shape index (κ2) is 10.5. The van der Waals surface area contributed by atoms with Crippen molar-refractivity contribution in [3.63, 3.8) is 0 Å². The second-order valence-corrected chi connectivity index (χ2v) is 7.64. The molecule has 0 bridgehead atoms. The first kappa shape index (κ1) is 20.0. The van der Waals surface area contributed by atoms with E-state index in [9.17, 15) is 0 Å². The fraction of sp³-hybridized carbons (Fsp3) is 0.667. The number of likely N-dealkylation sites (tertiary alicyclic amines) is 1. The molecule has 0 spiro atoms.